The minimum absolute atomic E-state index is 0.0323. The van der Waals surface area contributed by atoms with Gasteiger partial charge in [0.1, 0.15) is 6.10 Å². The Labute approximate surface area is 122 Å². The summed E-state index contributed by atoms with van der Waals surface area (Å²) in [6, 6.07) is 7.50. The Hall–Kier alpha value is -1.92. The van der Waals surface area contributed by atoms with Crippen LogP contribution >= 0.6 is 0 Å². The molecule has 1 saturated heterocycles. The first kappa shape index (κ1) is 14.0. The standard InChI is InChI=1S/C15H18N2O4/c18-14(19)7-10-9-17(12-4-2-1-3-11(10)12)15(20)13-8-16-5-6-21-13/h1-4,10,13,16H,5-9H2,(H,18,19). The fourth-order valence-electron chi connectivity index (χ4n) is 2.99. The molecule has 0 bridgehead atoms. The Morgan fingerprint density at radius 1 is 1.38 bits per heavy atom. The van der Waals surface area contributed by atoms with E-state index in [1.54, 1.807) is 4.90 Å². The highest BCUT2D eigenvalue weighted by molar-refractivity contribution is 5.99. The van der Waals surface area contributed by atoms with Crippen molar-refractivity contribution in [1.82, 2.24) is 5.32 Å². The van der Waals surface area contributed by atoms with Gasteiger partial charge in [0.15, 0.2) is 0 Å². The average Bonchev–Trinajstić information content (AvgIpc) is 2.86. The molecule has 1 fully saturated rings. The van der Waals surface area contributed by atoms with E-state index in [0.717, 1.165) is 17.8 Å². The third-order valence-corrected chi connectivity index (χ3v) is 3.96. The molecule has 1 aromatic rings. The third kappa shape index (κ3) is 2.77. The Morgan fingerprint density at radius 2 is 2.19 bits per heavy atom. The topological polar surface area (TPSA) is 78.9 Å². The molecule has 1 aromatic carbocycles. The number of amides is 1. The van der Waals surface area contributed by atoms with Crippen molar-refractivity contribution in [3.8, 4) is 0 Å². The van der Waals surface area contributed by atoms with Gasteiger partial charge in [0.05, 0.1) is 13.0 Å². The fourth-order valence-corrected chi connectivity index (χ4v) is 2.99. The van der Waals surface area contributed by atoms with Gasteiger partial charge in [0.25, 0.3) is 5.91 Å². The van der Waals surface area contributed by atoms with E-state index >= 15 is 0 Å². The summed E-state index contributed by atoms with van der Waals surface area (Å²) in [6.07, 6.45) is -0.458. The number of hydrogen-bond donors (Lipinski definition) is 2. The second-order valence-corrected chi connectivity index (χ2v) is 5.37. The molecule has 1 amide bonds. The first-order chi connectivity index (χ1) is 10.2. The molecule has 0 spiro atoms. The largest absolute Gasteiger partial charge is 0.481 e. The van der Waals surface area contributed by atoms with Crippen LogP contribution in [-0.2, 0) is 14.3 Å². The lowest BCUT2D eigenvalue weighted by atomic mass is 9.98. The number of fused-ring (bicyclic) bond motifs is 1. The van der Waals surface area contributed by atoms with E-state index in [1.165, 1.54) is 0 Å². The van der Waals surface area contributed by atoms with Crippen LogP contribution in [0.15, 0.2) is 24.3 Å². The number of nitrogens with zero attached hydrogens (tertiary/aromatic N) is 1. The summed E-state index contributed by atoms with van der Waals surface area (Å²) in [6.45, 7) is 2.18. The lowest BCUT2D eigenvalue weighted by Gasteiger charge is -2.27. The summed E-state index contributed by atoms with van der Waals surface area (Å²) in [5.41, 5.74) is 1.74. The highest BCUT2D eigenvalue weighted by Crippen LogP contribution is 2.38. The van der Waals surface area contributed by atoms with Crippen molar-refractivity contribution in [2.45, 2.75) is 18.4 Å². The van der Waals surface area contributed by atoms with E-state index in [-0.39, 0.29) is 18.2 Å². The molecule has 6 nitrogen and oxygen atoms in total. The van der Waals surface area contributed by atoms with Crippen LogP contribution in [0.3, 0.4) is 0 Å². The molecule has 0 aromatic heterocycles. The highest BCUT2D eigenvalue weighted by Gasteiger charge is 2.36. The van der Waals surface area contributed by atoms with Gasteiger partial charge in [0, 0.05) is 31.2 Å². The number of morpholine rings is 1. The second kappa shape index (κ2) is 5.83. The van der Waals surface area contributed by atoms with Crippen molar-refractivity contribution in [1.29, 1.82) is 0 Å². The molecular formula is C15H18N2O4. The number of carboxylic acids is 1. The monoisotopic (exact) mass is 290 g/mol. The Morgan fingerprint density at radius 3 is 2.90 bits per heavy atom. The lowest BCUT2D eigenvalue weighted by Crippen LogP contribution is -2.49. The molecule has 0 aliphatic carbocycles. The molecule has 6 heteroatoms. The van der Waals surface area contributed by atoms with Crippen LogP contribution in [0.1, 0.15) is 17.9 Å². The zero-order valence-electron chi connectivity index (χ0n) is 11.6. The van der Waals surface area contributed by atoms with Gasteiger partial charge >= 0.3 is 5.97 Å². The quantitative estimate of drug-likeness (QED) is 0.851. The normalized spacial score (nSPS) is 24.7. The molecule has 0 radical (unpaired) electrons. The number of carboxylic acid groups (broad SMARTS) is 1. The molecule has 2 unspecified atom stereocenters. The predicted octanol–water partition coefficient (Wildman–Crippen LogP) is 0.580. The predicted molar refractivity (Wildman–Crippen MR) is 76.4 cm³/mol. The number of carbonyl (C=O) groups excluding carboxylic acids is 1. The van der Waals surface area contributed by atoms with Gasteiger partial charge in [-0.2, -0.15) is 0 Å². The molecule has 2 aliphatic heterocycles. The van der Waals surface area contributed by atoms with E-state index in [0.29, 0.717) is 19.7 Å². The number of hydrogen-bond acceptors (Lipinski definition) is 4. The minimum atomic E-state index is -0.848. The summed E-state index contributed by atoms with van der Waals surface area (Å²) in [4.78, 5) is 25.3. The fraction of sp³-hybridized carbons (Fsp3) is 0.467. The maximum absolute atomic E-state index is 12.6. The van der Waals surface area contributed by atoms with Crippen LogP contribution in [0.25, 0.3) is 0 Å². The highest BCUT2D eigenvalue weighted by atomic mass is 16.5. The molecule has 2 N–H and O–H groups in total. The lowest BCUT2D eigenvalue weighted by molar-refractivity contribution is -0.137. The van der Waals surface area contributed by atoms with Crippen LogP contribution in [-0.4, -0.2) is 49.3 Å². The van der Waals surface area contributed by atoms with Gasteiger partial charge in [-0.1, -0.05) is 18.2 Å². The minimum Gasteiger partial charge on any atom is -0.481 e. The van der Waals surface area contributed by atoms with Crippen molar-refractivity contribution >= 4 is 17.6 Å². The number of nitrogens with one attached hydrogen (secondary N) is 1. The van der Waals surface area contributed by atoms with Crippen molar-refractivity contribution in [2.24, 2.45) is 0 Å². The van der Waals surface area contributed by atoms with Gasteiger partial charge < -0.3 is 20.1 Å². The van der Waals surface area contributed by atoms with Crippen molar-refractivity contribution in [3.63, 3.8) is 0 Å². The summed E-state index contributed by atoms with van der Waals surface area (Å²) in [5.74, 6) is -1.10. The smallest absolute Gasteiger partial charge is 0.304 e. The molecule has 2 heterocycles. The van der Waals surface area contributed by atoms with E-state index in [9.17, 15) is 9.59 Å². The van der Waals surface area contributed by atoms with Crippen molar-refractivity contribution in [3.05, 3.63) is 29.8 Å². The molecule has 3 rings (SSSR count). The SMILES string of the molecule is O=C(O)CC1CN(C(=O)C2CNCCO2)c2ccccc21. The zero-order valence-corrected chi connectivity index (χ0v) is 11.6. The van der Waals surface area contributed by atoms with E-state index in [1.807, 2.05) is 24.3 Å². The summed E-state index contributed by atoms with van der Waals surface area (Å²) in [7, 11) is 0. The van der Waals surface area contributed by atoms with Gasteiger partial charge in [-0.05, 0) is 11.6 Å². The molecule has 2 aliphatic rings. The van der Waals surface area contributed by atoms with Crippen LogP contribution in [0.5, 0.6) is 0 Å². The summed E-state index contributed by atoms with van der Waals surface area (Å²) >= 11 is 0. The molecule has 21 heavy (non-hydrogen) atoms. The number of rotatable bonds is 3. The number of carbonyl (C=O) groups is 2. The molecular weight excluding hydrogens is 272 g/mol. The van der Waals surface area contributed by atoms with Gasteiger partial charge in [-0.25, -0.2) is 0 Å². The van der Waals surface area contributed by atoms with Gasteiger partial charge in [-0.3, -0.25) is 9.59 Å². The number of para-hydroxylation sites is 1. The van der Waals surface area contributed by atoms with E-state index < -0.39 is 12.1 Å². The van der Waals surface area contributed by atoms with Crippen LogP contribution in [0.2, 0.25) is 0 Å². The zero-order chi connectivity index (χ0) is 14.8. The Kier molecular flexibility index (Phi) is 3.90. The van der Waals surface area contributed by atoms with Crippen LogP contribution < -0.4 is 10.2 Å². The molecule has 2 atom stereocenters. The average molecular weight is 290 g/mol. The van der Waals surface area contributed by atoms with Crippen LogP contribution in [0, 0.1) is 0 Å². The first-order valence-corrected chi connectivity index (χ1v) is 7.11. The number of anilines is 1. The van der Waals surface area contributed by atoms with E-state index in [2.05, 4.69) is 5.32 Å². The first-order valence-electron chi connectivity index (χ1n) is 7.11. The maximum atomic E-state index is 12.6. The Balaban J connectivity index is 1.83. The molecule has 0 saturated carbocycles. The number of aliphatic carboxylic acids is 1. The number of benzene rings is 1. The number of ether oxygens (including phenoxy) is 1. The van der Waals surface area contributed by atoms with Crippen molar-refractivity contribution in [2.75, 3.05) is 31.1 Å². The second-order valence-electron chi connectivity index (χ2n) is 5.37. The molecule has 112 valence electrons. The van der Waals surface area contributed by atoms with Crippen LogP contribution in [0.4, 0.5) is 5.69 Å². The summed E-state index contributed by atoms with van der Waals surface area (Å²) < 4.78 is 5.51. The summed E-state index contributed by atoms with van der Waals surface area (Å²) in [5, 5.41) is 12.2. The maximum Gasteiger partial charge on any atom is 0.304 e. The van der Waals surface area contributed by atoms with Crippen molar-refractivity contribution < 1.29 is 19.4 Å². The van der Waals surface area contributed by atoms with Gasteiger partial charge in [0.2, 0.25) is 0 Å². The van der Waals surface area contributed by atoms with E-state index in [4.69, 9.17) is 9.84 Å². The Bertz CT molecular complexity index is 554. The third-order valence-electron chi connectivity index (χ3n) is 3.96. The van der Waals surface area contributed by atoms with Gasteiger partial charge in [-0.15, -0.1) is 0 Å².